The summed E-state index contributed by atoms with van der Waals surface area (Å²) >= 11 is 0. The van der Waals surface area contributed by atoms with Crippen molar-refractivity contribution in [2.24, 2.45) is 0 Å². The predicted molar refractivity (Wildman–Crippen MR) is 122 cm³/mol. The maximum Gasteiger partial charge on any atom is 0.264 e. The zero-order valence-electron chi connectivity index (χ0n) is 18.4. The smallest absolute Gasteiger partial charge is 0.264 e. The van der Waals surface area contributed by atoms with E-state index in [-0.39, 0.29) is 18.7 Å². The fourth-order valence-electron chi connectivity index (χ4n) is 3.61. The Morgan fingerprint density at radius 1 is 1.03 bits per heavy atom. The lowest BCUT2D eigenvalue weighted by atomic mass is 10.1. The highest BCUT2D eigenvalue weighted by Gasteiger charge is 2.14. The van der Waals surface area contributed by atoms with Gasteiger partial charge < -0.3 is 14.6 Å². The molecule has 0 aliphatic carbocycles. The Hall–Kier alpha value is -3.65. The van der Waals surface area contributed by atoms with Crippen LogP contribution in [0.5, 0.6) is 11.5 Å². The molecule has 0 spiro atoms. The van der Waals surface area contributed by atoms with Crippen LogP contribution in [0.4, 0.5) is 0 Å². The summed E-state index contributed by atoms with van der Waals surface area (Å²) < 4.78 is 14.1. The molecule has 8 nitrogen and oxygen atoms in total. The standard InChI is InChI=1S/C24H26N4O4/c1-4-31-20-5-7-21(8-6-20)32-14-19(29)13-27-15-25-23-22(24(27)30)12-26-28(23)18-10-16(2)9-17(3)11-18/h5-12,15,19,29H,4,13-14H2,1-3H3/t19-/m0/s1. The number of ether oxygens (including phenoxy) is 2. The van der Waals surface area contributed by atoms with Crippen molar-refractivity contribution < 1.29 is 14.6 Å². The third-order valence-electron chi connectivity index (χ3n) is 4.99. The quantitative estimate of drug-likeness (QED) is 0.458. The molecule has 4 aromatic rings. The summed E-state index contributed by atoms with van der Waals surface area (Å²) in [5, 5.41) is 15.1. The summed E-state index contributed by atoms with van der Waals surface area (Å²) in [6.45, 7) is 6.64. The highest BCUT2D eigenvalue weighted by atomic mass is 16.5. The number of rotatable bonds is 8. The summed E-state index contributed by atoms with van der Waals surface area (Å²) in [6, 6.07) is 13.2. The molecule has 166 valence electrons. The molecule has 2 heterocycles. The second-order valence-corrected chi connectivity index (χ2v) is 7.71. The molecule has 0 saturated carbocycles. The lowest BCUT2D eigenvalue weighted by Gasteiger charge is -2.14. The van der Waals surface area contributed by atoms with Gasteiger partial charge in [-0.15, -0.1) is 0 Å². The van der Waals surface area contributed by atoms with Gasteiger partial charge in [0.15, 0.2) is 5.65 Å². The van der Waals surface area contributed by atoms with Gasteiger partial charge in [0.05, 0.1) is 25.0 Å². The second-order valence-electron chi connectivity index (χ2n) is 7.71. The van der Waals surface area contributed by atoms with Crippen LogP contribution < -0.4 is 15.0 Å². The molecule has 0 unspecified atom stereocenters. The van der Waals surface area contributed by atoms with Crippen LogP contribution in [0.3, 0.4) is 0 Å². The van der Waals surface area contributed by atoms with Crippen LogP contribution in [0.15, 0.2) is 59.8 Å². The van der Waals surface area contributed by atoms with E-state index in [9.17, 15) is 9.90 Å². The molecule has 1 N–H and O–H groups in total. The maximum absolute atomic E-state index is 12.9. The zero-order valence-corrected chi connectivity index (χ0v) is 18.4. The normalized spacial score (nSPS) is 12.1. The number of aliphatic hydroxyl groups is 1. The SMILES string of the molecule is CCOc1ccc(OC[C@@H](O)Cn2cnc3c(cnn3-c3cc(C)cc(C)c3)c2=O)cc1. The van der Waals surface area contributed by atoms with E-state index in [1.165, 1.54) is 17.1 Å². The van der Waals surface area contributed by atoms with Crippen molar-refractivity contribution in [2.75, 3.05) is 13.2 Å². The number of aromatic nitrogens is 4. The number of hydrogen-bond acceptors (Lipinski definition) is 6. The first-order valence-electron chi connectivity index (χ1n) is 10.5. The Balaban J connectivity index is 1.47. The maximum atomic E-state index is 12.9. The molecule has 0 radical (unpaired) electrons. The Morgan fingerprint density at radius 2 is 1.69 bits per heavy atom. The van der Waals surface area contributed by atoms with Crippen LogP contribution in [0, 0.1) is 13.8 Å². The van der Waals surface area contributed by atoms with Crippen LogP contribution in [-0.2, 0) is 6.54 Å². The first-order chi connectivity index (χ1) is 15.4. The largest absolute Gasteiger partial charge is 0.494 e. The highest BCUT2D eigenvalue weighted by molar-refractivity contribution is 5.75. The van der Waals surface area contributed by atoms with Crippen molar-refractivity contribution in [2.45, 2.75) is 33.4 Å². The Morgan fingerprint density at radius 3 is 2.34 bits per heavy atom. The predicted octanol–water partition coefficient (Wildman–Crippen LogP) is 3.04. The lowest BCUT2D eigenvalue weighted by molar-refractivity contribution is 0.0914. The molecular formula is C24H26N4O4. The monoisotopic (exact) mass is 434 g/mol. The molecule has 8 heteroatoms. The Bertz CT molecular complexity index is 1260. The van der Waals surface area contributed by atoms with Crippen molar-refractivity contribution in [3.8, 4) is 17.2 Å². The molecular weight excluding hydrogens is 408 g/mol. The Labute approximate surface area is 185 Å². The number of fused-ring (bicyclic) bond motifs is 1. The van der Waals surface area contributed by atoms with E-state index in [1.807, 2.05) is 32.9 Å². The van der Waals surface area contributed by atoms with Crippen LogP contribution in [0.1, 0.15) is 18.1 Å². The number of hydrogen-bond donors (Lipinski definition) is 1. The first-order valence-corrected chi connectivity index (χ1v) is 10.5. The molecule has 4 rings (SSSR count). The summed E-state index contributed by atoms with van der Waals surface area (Å²) in [6.07, 6.45) is 2.07. The van der Waals surface area contributed by atoms with E-state index in [2.05, 4.69) is 16.1 Å². The van der Waals surface area contributed by atoms with Gasteiger partial charge in [-0.25, -0.2) is 9.67 Å². The average Bonchev–Trinajstić information content (AvgIpc) is 3.20. The number of aliphatic hydroxyl groups excluding tert-OH is 1. The summed E-state index contributed by atoms with van der Waals surface area (Å²) in [5.41, 5.74) is 3.29. The lowest BCUT2D eigenvalue weighted by Crippen LogP contribution is -2.30. The highest BCUT2D eigenvalue weighted by Crippen LogP contribution is 2.18. The van der Waals surface area contributed by atoms with E-state index in [0.717, 1.165) is 22.6 Å². The topological polar surface area (TPSA) is 91.4 Å². The van der Waals surface area contributed by atoms with Gasteiger partial charge in [-0.3, -0.25) is 9.36 Å². The Kier molecular flexibility index (Phi) is 6.23. The molecule has 0 bridgehead atoms. The minimum Gasteiger partial charge on any atom is -0.494 e. The van der Waals surface area contributed by atoms with Crippen LogP contribution in [0.25, 0.3) is 16.7 Å². The number of aryl methyl sites for hydroxylation is 2. The molecule has 32 heavy (non-hydrogen) atoms. The minimum atomic E-state index is -0.881. The van der Waals surface area contributed by atoms with Crippen molar-refractivity contribution in [1.82, 2.24) is 19.3 Å². The third kappa shape index (κ3) is 4.65. The van der Waals surface area contributed by atoms with Gasteiger partial charge in [0, 0.05) is 0 Å². The van der Waals surface area contributed by atoms with Gasteiger partial charge in [0.1, 0.15) is 35.9 Å². The summed E-state index contributed by atoms with van der Waals surface area (Å²) in [7, 11) is 0. The van der Waals surface area contributed by atoms with Crippen LogP contribution in [0.2, 0.25) is 0 Å². The third-order valence-corrected chi connectivity index (χ3v) is 4.99. The second kappa shape index (κ2) is 9.23. The molecule has 2 aromatic heterocycles. The van der Waals surface area contributed by atoms with Gasteiger partial charge in [-0.05, 0) is 68.3 Å². The molecule has 0 saturated heterocycles. The van der Waals surface area contributed by atoms with E-state index >= 15 is 0 Å². The fraction of sp³-hybridized carbons (Fsp3) is 0.292. The molecule has 2 aromatic carbocycles. The summed E-state index contributed by atoms with van der Waals surface area (Å²) in [4.78, 5) is 17.4. The van der Waals surface area contributed by atoms with E-state index in [0.29, 0.717) is 23.4 Å². The zero-order chi connectivity index (χ0) is 22.7. The van der Waals surface area contributed by atoms with Gasteiger partial charge in [-0.2, -0.15) is 5.10 Å². The van der Waals surface area contributed by atoms with E-state index in [1.54, 1.807) is 28.9 Å². The molecule has 0 amide bonds. The molecule has 0 fully saturated rings. The van der Waals surface area contributed by atoms with Gasteiger partial charge >= 0.3 is 0 Å². The van der Waals surface area contributed by atoms with E-state index < -0.39 is 6.10 Å². The number of nitrogens with zero attached hydrogens (tertiary/aromatic N) is 4. The van der Waals surface area contributed by atoms with E-state index in [4.69, 9.17) is 9.47 Å². The minimum absolute atomic E-state index is 0.0420. The van der Waals surface area contributed by atoms with Crippen molar-refractivity contribution in [3.05, 3.63) is 76.5 Å². The van der Waals surface area contributed by atoms with Gasteiger partial charge in [0.25, 0.3) is 5.56 Å². The van der Waals surface area contributed by atoms with Crippen LogP contribution >= 0.6 is 0 Å². The summed E-state index contributed by atoms with van der Waals surface area (Å²) in [5.74, 6) is 1.37. The first kappa shape index (κ1) is 21.6. The average molecular weight is 434 g/mol. The van der Waals surface area contributed by atoms with Crippen molar-refractivity contribution in [1.29, 1.82) is 0 Å². The molecule has 1 atom stereocenters. The molecule has 0 aliphatic heterocycles. The fourth-order valence-corrected chi connectivity index (χ4v) is 3.61. The molecule has 0 aliphatic rings. The van der Waals surface area contributed by atoms with Crippen LogP contribution in [-0.4, -0.2) is 43.8 Å². The van der Waals surface area contributed by atoms with Crippen molar-refractivity contribution >= 4 is 11.0 Å². The number of benzene rings is 2. The van der Waals surface area contributed by atoms with Crippen molar-refractivity contribution in [3.63, 3.8) is 0 Å². The van der Waals surface area contributed by atoms with Gasteiger partial charge in [-0.1, -0.05) is 6.07 Å². The van der Waals surface area contributed by atoms with Gasteiger partial charge in [0.2, 0.25) is 0 Å².